The van der Waals surface area contributed by atoms with Gasteiger partial charge in [-0.05, 0) is 61.1 Å². The zero-order chi connectivity index (χ0) is 13.7. The molecule has 0 aliphatic rings. The van der Waals surface area contributed by atoms with Crippen molar-refractivity contribution in [2.45, 2.75) is 47.1 Å². The van der Waals surface area contributed by atoms with Crippen molar-refractivity contribution in [2.75, 3.05) is 13.6 Å². The minimum Gasteiger partial charge on any atom is -0.319 e. The number of aromatic nitrogens is 2. The van der Waals surface area contributed by atoms with E-state index < -0.39 is 0 Å². The van der Waals surface area contributed by atoms with Gasteiger partial charge in [-0.25, -0.2) is 0 Å². The molecule has 0 saturated carbocycles. The fraction of sp³-hybridized carbons (Fsp3) is 0.786. The van der Waals surface area contributed by atoms with Crippen molar-refractivity contribution in [3.63, 3.8) is 0 Å². The molecule has 1 N–H and O–H groups in total. The van der Waals surface area contributed by atoms with Crippen LogP contribution in [0, 0.1) is 11.8 Å². The van der Waals surface area contributed by atoms with E-state index in [-0.39, 0.29) is 0 Å². The van der Waals surface area contributed by atoms with Gasteiger partial charge in [0.25, 0.3) is 0 Å². The molecule has 0 amide bonds. The third kappa shape index (κ3) is 3.58. The van der Waals surface area contributed by atoms with Crippen molar-refractivity contribution in [3.8, 4) is 0 Å². The number of halogens is 1. The molecule has 0 radical (unpaired) electrons. The SMILES string of the molecule is CCc1nn(CC)c(CC(CNC)C(C)C)c1Br. The molecule has 0 bridgehead atoms. The number of rotatable bonds is 7. The van der Waals surface area contributed by atoms with Crippen LogP contribution in [0.4, 0.5) is 0 Å². The fourth-order valence-corrected chi connectivity index (χ4v) is 2.99. The third-order valence-electron chi connectivity index (χ3n) is 3.56. The van der Waals surface area contributed by atoms with Gasteiger partial charge >= 0.3 is 0 Å². The van der Waals surface area contributed by atoms with Crippen molar-refractivity contribution < 1.29 is 0 Å². The maximum atomic E-state index is 4.67. The molecule has 3 nitrogen and oxygen atoms in total. The second kappa shape index (κ2) is 7.29. The van der Waals surface area contributed by atoms with Gasteiger partial charge in [-0.2, -0.15) is 5.10 Å². The Balaban J connectivity index is 2.96. The van der Waals surface area contributed by atoms with Gasteiger partial charge in [-0.3, -0.25) is 4.68 Å². The molecular formula is C14H26BrN3. The lowest BCUT2D eigenvalue weighted by Crippen LogP contribution is -2.26. The molecule has 1 aromatic rings. The Labute approximate surface area is 119 Å². The smallest absolute Gasteiger partial charge is 0.0766 e. The zero-order valence-corrected chi connectivity index (χ0v) is 13.8. The van der Waals surface area contributed by atoms with E-state index in [1.165, 1.54) is 15.9 Å². The average Bonchev–Trinajstić information content (AvgIpc) is 2.65. The molecule has 0 spiro atoms. The largest absolute Gasteiger partial charge is 0.319 e. The minimum absolute atomic E-state index is 0.651. The monoisotopic (exact) mass is 315 g/mol. The van der Waals surface area contributed by atoms with Crippen LogP contribution in [0.5, 0.6) is 0 Å². The minimum atomic E-state index is 0.651. The number of hydrogen-bond donors (Lipinski definition) is 1. The third-order valence-corrected chi connectivity index (χ3v) is 4.47. The molecule has 1 atom stereocenters. The molecule has 0 aliphatic carbocycles. The van der Waals surface area contributed by atoms with Crippen molar-refractivity contribution in [3.05, 3.63) is 15.9 Å². The van der Waals surface area contributed by atoms with E-state index in [1.54, 1.807) is 0 Å². The summed E-state index contributed by atoms with van der Waals surface area (Å²) in [5.41, 5.74) is 2.53. The summed E-state index contributed by atoms with van der Waals surface area (Å²) >= 11 is 3.73. The quantitative estimate of drug-likeness (QED) is 0.837. The first-order chi connectivity index (χ1) is 8.54. The Kier molecular flexibility index (Phi) is 6.36. The molecule has 0 aliphatic heterocycles. The van der Waals surface area contributed by atoms with Gasteiger partial charge in [-0.15, -0.1) is 0 Å². The number of nitrogens with zero attached hydrogens (tertiary/aromatic N) is 2. The topological polar surface area (TPSA) is 29.9 Å². The van der Waals surface area contributed by atoms with Crippen LogP contribution in [0.25, 0.3) is 0 Å². The van der Waals surface area contributed by atoms with Crippen LogP contribution in [-0.4, -0.2) is 23.4 Å². The number of nitrogens with one attached hydrogen (secondary N) is 1. The van der Waals surface area contributed by atoms with E-state index in [1.807, 2.05) is 7.05 Å². The molecule has 0 saturated heterocycles. The molecule has 0 aromatic carbocycles. The van der Waals surface area contributed by atoms with E-state index >= 15 is 0 Å². The molecule has 1 rings (SSSR count). The van der Waals surface area contributed by atoms with Gasteiger partial charge in [0.1, 0.15) is 0 Å². The summed E-state index contributed by atoms with van der Waals surface area (Å²) < 4.78 is 3.36. The van der Waals surface area contributed by atoms with Gasteiger partial charge in [-0.1, -0.05) is 20.8 Å². The van der Waals surface area contributed by atoms with E-state index in [0.717, 1.165) is 25.9 Å². The summed E-state index contributed by atoms with van der Waals surface area (Å²) in [7, 11) is 2.03. The van der Waals surface area contributed by atoms with E-state index in [0.29, 0.717) is 11.8 Å². The van der Waals surface area contributed by atoms with E-state index in [4.69, 9.17) is 0 Å². The van der Waals surface area contributed by atoms with Crippen LogP contribution in [0.3, 0.4) is 0 Å². The maximum Gasteiger partial charge on any atom is 0.0766 e. The molecule has 1 heterocycles. The van der Waals surface area contributed by atoms with Gasteiger partial charge in [0.05, 0.1) is 15.9 Å². The zero-order valence-electron chi connectivity index (χ0n) is 12.3. The number of aryl methyl sites for hydroxylation is 2. The highest BCUT2D eigenvalue weighted by Crippen LogP contribution is 2.26. The van der Waals surface area contributed by atoms with Crippen molar-refractivity contribution in [2.24, 2.45) is 11.8 Å². The molecule has 1 unspecified atom stereocenters. The summed E-state index contributed by atoms with van der Waals surface area (Å²) in [6.45, 7) is 10.9. The lowest BCUT2D eigenvalue weighted by molar-refractivity contribution is 0.360. The molecule has 0 fully saturated rings. The van der Waals surface area contributed by atoms with Crippen LogP contribution in [0.15, 0.2) is 4.47 Å². The Bertz CT molecular complexity index is 371. The normalized spacial score (nSPS) is 13.3. The standard InChI is InChI=1S/C14H26BrN3/c1-6-12-14(15)13(18(7-2)17-12)8-11(9-16-5)10(3)4/h10-11,16H,6-9H2,1-5H3. The Morgan fingerprint density at radius 2 is 2.00 bits per heavy atom. The summed E-state index contributed by atoms with van der Waals surface area (Å²) in [5, 5.41) is 7.97. The first-order valence-corrected chi connectivity index (χ1v) is 7.72. The Hall–Kier alpha value is -0.350. The molecule has 104 valence electrons. The highest BCUT2D eigenvalue weighted by atomic mass is 79.9. The highest BCUT2D eigenvalue weighted by Gasteiger charge is 2.20. The predicted molar refractivity (Wildman–Crippen MR) is 80.9 cm³/mol. The van der Waals surface area contributed by atoms with Crippen LogP contribution in [0.1, 0.15) is 39.1 Å². The van der Waals surface area contributed by atoms with E-state index in [2.05, 4.69) is 58.7 Å². The van der Waals surface area contributed by atoms with Gasteiger partial charge in [0.2, 0.25) is 0 Å². The molecular weight excluding hydrogens is 290 g/mol. The summed E-state index contributed by atoms with van der Waals surface area (Å²) in [5.74, 6) is 1.33. The number of hydrogen-bond acceptors (Lipinski definition) is 2. The Morgan fingerprint density at radius 3 is 2.44 bits per heavy atom. The Morgan fingerprint density at radius 1 is 1.33 bits per heavy atom. The van der Waals surface area contributed by atoms with Crippen LogP contribution >= 0.6 is 15.9 Å². The van der Waals surface area contributed by atoms with Crippen LogP contribution in [-0.2, 0) is 19.4 Å². The summed E-state index contributed by atoms with van der Waals surface area (Å²) in [4.78, 5) is 0. The van der Waals surface area contributed by atoms with Gasteiger partial charge < -0.3 is 5.32 Å². The second-order valence-corrected chi connectivity index (χ2v) is 5.94. The van der Waals surface area contributed by atoms with Crippen molar-refractivity contribution in [1.29, 1.82) is 0 Å². The molecule has 1 aromatic heterocycles. The first-order valence-electron chi connectivity index (χ1n) is 6.93. The first kappa shape index (κ1) is 15.7. The van der Waals surface area contributed by atoms with Crippen molar-refractivity contribution >= 4 is 15.9 Å². The van der Waals surface area contributed by atoms with E-state index in [9.17, 15) is 0 Å². The summed E-state index contributed by atoms with van der Waals surface area (Å²) in [6, 6.07) is 0. The lowest BCUT2D eigenvalue weighted by Gasteiger charge is -2.21. The summed E-state index contributed by atoms with van der Waals surface area (Å²) in [6.07, 6.45) is 2.07. The second-order valence-electron chi connectivity index (χ2n) is 5.14. The van der Waals surface area contributed by atoms with Gasteiger partial charge in [0, 0.05) is 6.54 Å². The fourth-order valence-electron chi connectivity index (χ4n) is 2.27. The van der Waals surface area contributed by atoms with Crippen molar-refractivity contribution in [1.82, 2.24) is 15.1 Å². The average molecular weight is 316 g/mol. The molecule has 18 heavy (non-hydrogen) atoms. The predicted octanol–water partition coefficient (Wildman–Crippen LogP) is 3.26. The highest BCUT2D eigenvalue weighted by molar-refractivity contribution is 9.10. The van der Waals surface area contributed by atoms with Crippen LogP contribution in [0.2, 0.25) is 0 Å². The lowest BCUT2D eigenvalue weighted by atomic mass is 9.91. The van der Waals surface area contributed by atoms with Crippen LogP contribution < -0.4 is 5.32 Å². The maximum absolute atomic E-state index is 4.67. The van der Waals surface area contributed by atoms with Gasteiger partial charge in [0.15, 0.2) is 0 Å². The molecule has 4 heteroatoms.